The minimum absolute atomic E-state index is 0.0819. The molecule has 106 valence electrons. The number of ether oxygens (including phenoxy) is 1. The van der Waals surface area contributed by atoms with Crippen molar-refractivity contribution in [1.29, 1.82) is 0 Å². The van der Waals surface area contributed by atoms with Gasteiger partial charge in [0.15, 0.2) is 0 Å². The SMILES string of the molecule is CCOC(=O)C1SC2c3ccccc3C1c1ccccc12. The molecule has 0 amide bonds. The number of hydrogen-bond acceptors (Lipinski definition) is 3. The second-order valence-corrected chi connectivity index (χ2v) is 6.68. The van der Waals surface area contributed by atoms with Crippen LogP contribution in [0.3, 0.4) is 0 Å². The van der Waals surface area contributed by atoms with Gasteiger partial charge in [-0.15, -0.1) is 11.8 Å². The maximum atomic E-state index is 12.4. The van der Waals surface area contributed by atoms with Crippen molar-refractivity contribution in [3.8, 4) is 0 Å². The minimum atomic E-state index is -0.125. The number of carbonyl (C=O) groups is 1. The number of carbonyl (C=O) groups excluding carboxylic acids is 1. The molecule has 0 aromatic heterocycles. The second kappa shape index (κ2) is 4.92. The summed E-state index contributed by atoms with van der Waals surface area (Å²) < 4.78 is 5.30. The van der Waals surface area contributed by atoms with Crippen LogP contribution in [-0.2, 0) is 9.53 Å². The number of thioether (sulfide) groups is 1. The van der Waals surface area contributed by atoms with E-state index in [-0.39, 0.29) is 22.4 Å². The summed E-state index contributed by atoms with van der Waals surface area (Å²) in [6, 6.07) is 17.0. The Bertz CT molecular complexity index is 662. The average molecular weight is 296 g/mol. The van der Waals surface area contributed by atoms with E-state index >= 15 is 0 Å². The molecule has 5 rings (SSSR count). The quantitative estimate of drug-likeness (QED) is 0.786. The summed E-state index contributed by atoms with van der Waals surface area (Å²) in [5.41, 5.74) is 5.29. The predicted molar refractivity (Wildman–Crippen MR) is 84.6 cm³/mol. The van der Waals surface area contributed by atoms with Crippen LogP contribution >= 0.6 is 11.8 Å². The number of fused-ring (bicyclic) bond motifs is 1. The summed E-state index contributed by atoms with van der Waals surface area (Å²) in [7, 11) is 0. The molecule has 2 aromatic rings. The Morgan fingerprint density at radius 2 is 1.52 bits per heavy atom. The van der Waals surface area contributed by atoms with Crippen LogP contribution in [0.5, 0.6) is 0 Å². The molecule has 2 bridgehead atoms. The molecule has 0 fully saturated rings. The molecule has 1 aliphatic carbocycles. The normalized spacial score (nSPS) is 25.1. The fourth-order valence-electron chi connectivity index (χ4n) is 3.51. The summed E-state index contributed by atoms with van der Waals surface area (Å²) in [4.78, 5) is 12.4. The molecule has 0 spiro atoms. The highest BCUT2D eigenvalue weighted by Gasteiger charge is 2.47. The largest absolute Gasteiger partial charge is 0.465 e. The molecule has 2 nitrogen and oxygen atoms in total. The van der Waals surface area contributed by atoms with Gasteiger partial charge in [0.05, 0.1) is 11.9 Å². The molecule has 0 saturated carbocycles. The first kappa shape index (κ1) is 13.0. The second-order valence-electron chi connectivity index (χ2n) is 5.42. The molecule has 0 N–H and O–H groups in total. The van der Waals surface area contributed by atoms with Crippen LogP contribution in [0, 0.1) is 0 Å². The lowest BCUT2D eigenvalue weighted by molar-refractivity contribution is -0.142. The number of esters is 1. The lowest BCUT2D eigenvalue weighted by Crippen LogP contribution is -2.37. The van der Waals surface area contributed by atoms with Gasteiger partial charge in [0.1, 0.15) is 5.25 Å². The summed E-state index contributed by atoms with van der Waals surface area (Å²) >= 11 is 1.74. The molecule has 21 heavy (non-hydrogen) atoms. The zero-order chi connectivity index (χ0) is 14.4. The number of benzene rings is 2. The van der Waals surface area contributed by atoms with Crippen LogP contribution in [0.1, 0.15) is 40.3 Å². The minimum Gasteiger partial charge on any atom is -0.465 e. The molecule has 2 aromatic carbocycles. The Balaban J connectivity index is 1.88. The van der Waals surface area contributed by atoms with Crippen molar-refractivity contribution in [2.45, 2.75) is 23.3 Å². The molecule has 2 heterocycles. The third-order valence-electron chi connectivity index (χ3n) is 4.33. The van der Waals surface area contributed by atoms with Crippen LogP contribution < -0.4 is 0 Å². The van der Waals surface area contributed by atoms with Crippen molar-refractivity contribution >= 4 is 17.7 Å². The van der Waals surface area contributed by atoms with Gasteiger partial charge < -0.3 is 4.74 Å². The van der Waals surface area contributed by atoms with Crippen LogP contribution in [0.25, 0.3) is 0 Å². The highest BCUT2D eigenvalue weighted by molar-refractivity contribution is 8.01. The molecule has 0 saturated heterocycles. The van der Waals surface area contributed by atoms with Crippen LogP contribution in [0.15, 0.2) is 48.5 Å². The molecule has 1 atom stereocenters. The van der Waals surface area contributed by atoms with Crippen molar-refractivity contribution in [2.24, 2.45) is 0 Å². The zero-order valence-corrected chi connectivity index (χ0v) is 12.6. The summed E-state index contributed by atoms with van der Waals surface area (Å²) in [6.07, 6.45) is 0. The highest BCUT2D eigenvalue weighted by Crippen LogP contribution is 2.58. The van der Waals surface area contributed by atoms with E-state index in [0.29, 0.717) is 6.61 Å². The van der Waals surface area contributed by atoms with Gasteiger partial charge in [0.2, 0.25) is 0 Å². The molecule has 2 aliphatic heterocycles. The van der Waals surface area contributed by atoms with Gasteiger partial charge in [-0.1, -0.05) is 48.5 Å². The highest BCUT2D eigenvalue weighted by atomic mass is 32.2. The first-order valence-corrected chi connectivity index (χ1v) is 8.25. The molecular weight excluding hydrogens is 280 g/mol. The first-order chi connectivity index (χ1) is 10.3. The van der Waals surface area contributed by atoms with Crippen LogP contribution in [0.4, 0.5) is 0 Å². The molecule has 3 heteroatoms. The fourth-order valence-corrected chi connectivity index (χ4v) is 5.16. The topological polar surface area (TPSA) is 26.3 Å². The lowest BCUT2D eigenvalue weighted by Gasteiger charge is -2.43. The third-order valence-corrected chi connectivity index (χ3v) is 5.87. The monoisotopic (exact) mass is 296 g/mol. The fraction of sp³-hybridized carbons (Fsp3) is 0.278. The van der Waals surface area contributed by atoms with Gasteiger partial charge >= 0.3 is 5.97 Å². The predicted octanol–water partition coefficient (Wildman–Crippen LogP) is 3.90. The Hall–Kier alpha value is -1.74. The summed E-state index contributed by atoms with van der Waals surface area (Å²) in [5.74, 6) is 0.0351. The first-order valence-electron chi connectivity index (χ1n) is 7.31. The van der Waals surface area contributed by atoms with E-state index in [1.54, 1.807) is 11.8 Å². The Labute approximate surface area is 128 Å². The summed E-state index contributed by atoms with van der Waals surface area (Å²) in [6.45, 7) is 2.31. The van der Waals surface area contributed by atoms with Crippen molar-refractivity contribution in [2.75, 3.05) is 6.61 Å². The van der Waals surface area contributed by atoms with Crippen molar-refractivity contribution < 1.29 is 9.53 Å². The summed E-state index contributed by atoms with van der Waals surface area (Å²) in [5, 5.41) is 0.122. The van der Waals surface area contributed by atoms with Gasteiger partial charge in [-0.05, 0) is 29.2 Å². The average Bonchev–Trinajstić information content (AvgIpc) is 2.55. The van der Waals surface area contributed by atoms with Gasteiger partial charge in [0.25, 0.3) is 0 Å². The molecular formula is C18H16O2S. The molecule has 3 aliphatic rings. The van der Waals surface area contributed by atoms with Gasteiger partial charge in [-0.25, -0.2) is 0 Å². The smallest absolute Gasteiger partial charge is 0.320 e. The maximum Gasteiger partial charge on any atom is 0.320 e. The van der Waals surface area contributed by atoms with Crippen molar-refractivity contribution in [3.05, 3.63) is 70.8 Å². The van der Waals surface area contributed by atoms with E-state index in [2.05, 4.69) is 48.5 Å². The Morgan fingerprint density at radius 1 is 1.00 bits per heavy atom. The van der Waals surface area contributed by atoms with Gasteiger partial charge in [-0.2, -0.15) is 0 Å². The standard InChI is InChI=1S/C18H16O2S/c1-2-20-18(19)17-15-11-7-3-5-9-13(11)16(21-17)14-10-6-4-8-12(14)15/h3-10,15-17H,2H2,1H3. The van der Waals surface area contributed by atoms with E-state index in [0.717, 1.165) is 0 Å². The number of hydrogen-bond donors (Lipinski definition) is 0. The van der Waals surface area contributed by atoms with E-state index in [1.807, 2.05) is 6.92 Å². The lowest BCUT2D eigenvalue weighted by atomic mass is 9.75. The van der Waals surface area contributed by atoms with Crippen molar-refractivity contribution in [1.82, 2.24) is 0 Å². The maximum absolute atomic E-state index is 12.4. The van der Waals surface area contributed by atoms with Gasteiger partial charge in [0, 0.05) is 5.92 Å². The Kier molecular flexibility index (Phi) is 3.03. The molecule has 1 unspecified atom stereocenters. The van der Waals surface area contributed by atoms with Crippen LogP contribution in [-0.4, -0.2) is 17.8 Å². The zero-order valence-electron chi connectivity index (χ0n) is 11.8. The number of rotatable bonds is 2. The van der Waals surface area contributed by atoms with Crippen LogP contribution in [0.2, 0.25) is 0 Å². The van der Waals surface area contributed by atoms with Crippen molar-refractivity contribution in [3.63, 3.8) is 0 Å². The third kappa shape index (κ3) is 1.84. The van der Waals surface area contributed by atoms with E-state index in [1.165, 1.54) is 22.3 Å². The van der Waals surface area contributed by atoms with Gasteiger partial charge in [-0.3, -0.25) is 4.79 Å². The van der Waals surface area contributed by atoms with E-state index < -0.39 is 0 Å². The molecule has 0 radical (unpaired) electrons. The van der Waals surface area contributed by atoms with E-state index in [9.17, 15) is 4.79 Å². The Morgan fingerprint density at radius 3 is 2.05 bits per heavy atom. The van der Waals surface area contributed by atoms with E-state index in [4.69, 9.17) is 4.74 Å².